The molecule has 0 saturated heterocycles. The molecule has 21 heavy (non-hydrogen) atoms. The van der Waals surface area contributed by atoms with Gasteiger partial charge in [-0.15, -0.1) is 0 Å². The lowest BCUT2D eigenvalue weighted by molar-refractivity contribution is 0.386. The van der Waals surface area contributed by atoms with Crippen LogP contribution in [0.4, 0.5) is 14.7 Å². The van der Waals surface area contributed by atoms with Gasteiger partial charge in [-0.1, -0.05) is 11.6 Å². The van der Waals surface area contributed by atoms with Crippen LogP contribution in [0.1, 0.15) is 0 Å². The molecule has 0 unspecified atom stereocenters. The van der Waals surface area contributed by atoms with E-state index < -0.39 is 11.6 Å². The van der Waals surface area contributed by atoms with Gasteiger partial charge < -0.3 is 10.5 Å². The molecule has 0 saturated carbocycles. The molecule has 0 aliphatic rings. The van der Waals surface area contributed by atoms with E-state index in [4.69, 9.17) is 22.1 Å². The summed E-state index contributed by atoms with van der Waals surface area (Å²) in [4.78, 5) is 4.10. The molecule has 0 amide bonds. The van der Waals surface area contributed by atoms with Crippen molar-refractivity contribution in [3.8, 4) is 11.4 Å². The van der Waals surface area contributed by atoms with Gasteiger partial charge in [0.25, 0.3) is 0 Å². The van der Waals surface area contributed by atoms with Gasteiger partial charge in [0.05, 0.1) is 28.9 Å². The highest BCUT2D eigenvalue weighted by Gasteiger charge is 2.14. The predicted molar refractivity (Wildman–Crippen MR) is 77.0 cm³/mol. The number of imidazole rings is 1. The lowest BCUT2D eigenvalue weighted by atomic mass is 10.2. The van der Waals surface area contributed by atoms with Crippen molar-refractivity contribution in [1.82, 2.24) is 9.55 Å². The quantitative estimate of drug-likeness (QED) is 0.787. The van der Waals surface area contributed by atoms with Crippen LogP contribution in [-0.4, -0.2) is 16.7 Å². The van der Waals surface area contributed by atoms with Crippen LogP contribution >= 0.6 is 11.6 Å². The zero-order valence-corrected chi connectivity index (χ0v) is 11.7. The van der Waals surface area contributed by atoms with E-state index in [1.807, 2.05) is 0 Å². The molecule has 0 spiro atoms. The van der Waals surface area contributed by atoms with Crippen LogP contribution in [0.2, 0.25) is 5.02 Å². The first-order valence-corrected chi connectivity index (χ1v) is 6.36. The van der Waals surface area contributed by atoms with Crippen LogP contribution in [0.3, 0.4) is 0 Å². The summed E-state index contributed by atoms with van der Waals surface area (Å²) in [6.45, 7) is 0. The Morgan fingerprint density at radius 1 is 1.19 bits per heavy atom. The molecule has 1 aromatic heterocycles. The first-order valence-electron chi connectivity index (χ1n) is 5.98. The zero-order chi connectivity index (χ0) is 15.1. The summed E-state index contributed by atoms with van der Waals surface area (Å²) in [6, 6.07) is 6.89. The monoisotopic (exact) mass is 309 g/mol. The summed E-state index contributed by atoms with van der Waals surface area (Å²) in [7, 11) is 1.37. The third-order valence-corrected chi connectivity index (χ3v) is 3.41. The summed E-state index contributed by atoms with van der Waals surface area (Å²) in [6.07, 6.45) is 0. The number of ether oxygens (including phenoxy) is 1. The number of nitrogen functional groups attached to an aromatic ring is 1. The van der Waals surface area contributed by atoms with E-state index in [-0.39, 0.29) is 16.7 Å². The summed E-state index contributed by atoms with van der Waals surface area (Å²) >= 11 is 5.72. The molecule has 0 radical (unpaired) electrons. The molecule has 2 aromatic carbocycles. The van der Waals surface area contributed by atoms with Gasteiger partial charge in [0.2, 0.25) is 5.95 Å². The normalized spacial score (nSPS) is 11.0. The Morgan fingerprint density at radius 3 is 2.62 bits per heavy atom. The van der Waals surface area contributed by atoms with Gasteiger partial charge >= 0.3 is 0 Å². The zero-order valence-electron chi connectivity index (χ0n) is 10.9. The molecule has 3 aromatic rings. The number of hydrogen-bond donors (Lipinski definition) is 1. The number of aromatic nitrogens is 2. The van der Waals surface area contributed by atoms with Gasteiger partial charge in [0, 0.05) is 12.1 Å². The minimum absolute atomic E-state index is 0.0481. The van der Waals surface area contributed by atoms with Crippen LogP contribution in [0.15, 0.2) is 30.3 Å². The third kappa shape index (κ3) is 2.17. The van der Waals surface area contributed by atoms with Crippen molar-refractivity contribution in [2.24, 2.45) is 0 Å². The number of anilines is 1. The summed E-state index contributed by atoms with van der Waals surface area (Å²) in [5, 5.41) is -0.0481. The Kier molecular flexibility index (Phi) is 3.17. The average Bonchev–Trinajstić information content (AvgIpc) is 2.74. The van der Waals surface area contributed by atoms with E-state index in [0.717, 1.165) is 0 Å². The molecule has 1 heterocycles. The van der Waals surface area contributed by atoms with Gasteiger partial charge in [0.1, 0.15) is 5.82 Å². The average molecular weight is 310 g/mol. The molecular formula is C14H10ClF2N3O. The topological polar surface area (TPSA) is 53.1 Å². The minimum Gasteiger partial charge on any atom is -0.494 e. The predicted octanol–water partition coefficient (Wildman–Crippen LogP) is 3.55. The molecule has 0 fully saturated rings. The molecule has 2 N–H and O–H groups in total. The van der Waals surface area contributed by atoms with Gasteiger partial charge in [-0.3, -0.25) is 4.57 Å². The highest BCUT2D eigenvalue weighted by molar-refractivity contribution is 6.31. The molecule has 108 valence electrons. The van der Waals surface area contributed by atoms with Crippen molar-refractivity contribution in [2.75, 3.05) is 12.8 Å². The van der Waals surface area contributed by atoms with Crippen molar-refractivity contribution in [1.29, 1.82) is 0 Å². The Bertz CT molecular complexity index is 848. The van der Waals surface area contributed by atoms with Crippen LogP contribution in [-0.2, 0) is 0 Å². The Labute approximate surface area is 123 Å². The maximum Gasteiger partial charge on any atom is 0.205 e. The lowest BCUT2D eigenvalue weighted by Gasteiger charge is -2.09. The highest BCUT2D eigenvalue weighted by Crippen LogP contribution is 2.29. The maximum atomic E-state index is 13.8. The largest absolute Gasteiger partial charge is 0.494 e. The molecule has 3 rings (SSSR count). The van der Waals surface area contributed by atoms with Crippen molar-refractivity contribution in [3.63, 3.8) is 0 Å². The number of nitrogens with two attached hydrogens (primary N) is 1. The molecule has 7 heteroatoms. The van der Waals surface area contributed by atoms with Crippen molar-refractivity contribution >= 4 is 28.6 Å². The standard InChI is InChI=1S/C14H10ClF2N3O/c1-21-13-3-2-7(4-10(13)17)20-12-6-9(16)8(15)5-11(12)19-14(20)18/h2-6H,1H3,(H2,18,19). The first-order chi connectivity index (χ1) is 10.0. The van der Waals surface area contributed by atoms with Gasteiger partial charge in [-0.2, -0.15) is 0 Å². The number of methoxy groups -OCH3 is 1. The number of fused-ring (bicyclic) bond motifs is 1. The van der Waals surface area contributed by atoms with Gasteiger partial charge in [-0.05, 0) is 18.2 Å². The van der Waals surface area contributed by atoms with Crippen molar-refractivity contribution in [2.45, 2.75) is 0 Å². The molecule has 0 bridgehead atoms. The Hall–Kier alpha value is -2.34. The van der Waals surface area contributed by atoms with E-state index in [1.54, 1.807) is 6.07 Å². The van der Waals surface area contributed by atoms with Gasteiger partial charge in [0.15, 0.2) is 11.6 Å². The number of rotatable bonds is 2. The van der Waals surface area contributed by atoms with Gasteiger partial charge in [-0.25, -0.2) is 13.8 Å². The SMILES string of the molecule is COc1ccc(-n2c(N)nc3cc(Cl)c(F)cc32)cc1F. The van der Waals surface area contributed by atoms with Crippen LogP contribution in [0, 0.1) is 11.6 Å². The molecule has 0 atom stereocenters. The van der Waals surface area contributed by atoms with E-state index in [0.29, 0.717) is 16.7 Å². The van der Waals surface area contributed by atoms with E-state index in [1.165, 1.54) is 35.9 Å². The maximum absolute atomic E-state index is 13.8. The fourth-order valence-electron chi connectivity index (χ4n) is 2.16. The Balaban J connectivity index is 2.27. The summed E-state index contributed by atoms with van der Waals surface area (Å²) in [5.41, 5.74) is 7.08. The number of hydrogen-bond acceptors (Lipinski definition) is 3. The fourth-order valence-corrected chi connectivity index (χ4v) is 2.31. The molecule has 0 aliphatic carbocycles. The highest BCUT2D eigenvalue weighted by atomic mass is 35.5. The molecule has 0 aliphatic heterocycles. The second-order valence-electron chi connectivity index (χ2n) is 4.38. The fraction of sp³-hybridized carbons (Fsp3) is 0.0714. The van der Waals surface area contributed by atoms with Crippen LogP contribution in [0.5, 0.6) is 5.75 Å². The van der Waals surface area contributed by atoms with Crippen molar-refractivity contribution in [3.05, 3.63) is 47.0 Å². The molecule has 4 nitrogen and oxygen atoms in total. The lowest BCUT2D eigenvalue weighted by Crippen LogP contribution is -2.01. The van der Waals surface area contributed by atoms with E-state index in [2.05, 4.69) is 4.98 Å². The smallest absolute Gasteiger partial charge is 0.205 e. The van der Waals surface area contributed by atoms with E-state index in [9.17, 15) is 8.78 Å². The summed E-state index contributed by atoms with van der Waals surface area (Å²) < 4.78 is 33.8. The Morgan fingerprint density at radius 2 is 1.95 bits per heavy atom. The molecular weight excluding hydrogens is 300 g/mol. The van der Waals surface area contributed by atoms with E-state index >= 15 is 0 Å². The first kappa shape index (κ1) is 13.6. The van der Waals surface area contributed by atoms with Crippen LogP contribution < -0.4 is 10.5 Å². The number of benzene rings is 2. The van der Waals surface area contributed by atoms with Crippen molar-refractivity contribution < 1.29 is 13.5 Å². The second kappa shape index (κ2) is 4.89. The third-order valence-electron chi connectivity index (χ3n) is 3.12. The van der Waals surface area contributed by atoms with Crippen LogP contribution in [0.25, 0.3) is 16.7 Å². The second-order valence-corrected chi connectivity index (χ2v) is 4.79. The minimum atomic E-state index is -0.598. The number of halogens is 3. The number of nitrogens with zero attached hydrogens (tertiary/aromatic N) is 2. The summed E-state index contributed by atoms with van der Waals surface area (Å²) in [5.74, 6) is -0.933.